The molecular weight excluding hydrogens is 418 g/mol. The number of hydrogen-bond acceptors (Lipinski definition) is 7. The summed E-state index contributed by atoms with van der Waals surface area (Å²) in [5, 5.41) is 0. The first-order valence-electron chi connectivity index (χ1n) is 11.9. The molecule has 0 unspecified atom stereocenters. The minimum Gasteiger partial charge on any atom is -0.397 e. The van der Waals surface area contributed by atoms with Crippen LogP contribution in [0.25, 0.3) is 0 Å². The zero-order chi connectivity index (χ0) is 23.1. The van der Waals surface area contributed by atoms with E-state index in [1.807, 2.05) is 41.5 Å². The fourth-order valence-corrected chi connectivity index (χ4v) is 7.30. The molecule has 9 heteroatoms. The van der Waals surface area contributed by atoms with Crippen molar-refractivity contribution in [3.8, 4) is 0 Å². The van der Waals surface area contributed by atoms with Gasteiger partial charge in [0.2, 0.25) is 0 Å². The number of ether oxygens (including phenoxy) is 1. The Morgan fingerprint density at radius 1 is 0.667 bits per heavy atom. The predicted molar refractivity (Wildman–Crippen MR) is 130 cm³/mol. The van der Waals surface area contributed by atoms with Gasteiger partial charge in [-0.25, -0.2) is 0 Å². The third kappa shape index (κ3) is 17.8. The summed E-state index contributed by atoms with van der Waals surface area (Å²) in [5.74, 6) is 0. The Morgan fingerprint density at radius 2 is 1.13 bits per heavy atom. The highest BCUT2D eigenvalue weighted by molar-refractivity contribution is 6.60. The summed E-state index contributed by atoms with van der Waals surface area (Å²) in [6.45, 7) is 21.8. The number of hydrogen-bond donors (Lipinski definition) is 0. The van der Waals surface area contributed by atoms with Gasteiger partial charge in [-0.2, -0.15) is 0 Å². The van der Waals surface area contributed by atoms with E-state index in [1.54, 1.807) is 7.11 Å². The monoisotopic (exact) mass is 469 g/mol. The number of rotatable bonds is 20. The molecule has 0 fully saturated rings. The van der Waals surface area contributed by atoms with Gasteiger partial charge in [0, 0.05) is 52.8 Å². The van der Waals surface area contributed by atoms with Crippen LogP contribution in [-0.4, -0.2) is 89.4 Å². The van der Waals surface area contributed by atoms with Crippen LogP contribution in [0.2, 0.25) is 12.1 Å². The van der Waals surface area contributed by atoms with E-state index in [-0.39, 0.29) is 0 Å². The van der Waals surface area contributed by atoms with E-state index in [0.29, 0.717) is 19.8 Å². The molecule has 0 saturated heterocycles. The SMILES string of the molecule is CCOC.CCO[SiH](CCCN(CC)CCC[Si](OCC)(OCC)OCC)OCC. The van der Waals surface area contributed by atoms with Crippen molar-refractivity contribution in [2.45, 2.75) is 73.4 Å². The molecule has 0 amide bonds. The molecule has 184 valence electrons. The lowest BCUT2D eigenvalue weighted by Gasteiger charge is -2.29. The summed E-state index contributed by atoms with van der Waals surface area (Å²) >= 11 is 0. The molecular formula is C21H51NO6Si2. The van der Waals surface area contributed by atoms with Crippen molar-refractivity contribution in [1.82, 2.24) is 4.90 Å². The predicted octanol–water partition coefficient (Wildman–Crippen LogP) is 4.08. The van der Waals surface area contributed by atoms with Crippen molar-refractivity contribution in [3.63, 3.8) is 0 Å². The number of nitrogens with zero attached hydrogens (tertiary/aromatic N) is 1. The maximum Gasteiger partial charge on any atom is 0.500 e. The lowest BCUT2D eigenvalue weighted by Crippen LogP contribution is -2.46. The van der Waals surface area contributed by atoms with E-state index in [2.05, 4.69) is 16.6 Å². The van der Waals surface area contributed by atoms with Gasteiger partial charge >= 0.3 is 18.1 Å². The maximum atomic E-state index is 5.94. The summed E-state index contributed by atoms with van der Waals surface area (Å²) in [5.41, 5.74) is 0. The molecule has 0 rings (SSSR count). The summed E-state index contributed by atoms with van der Waals surface area (Å²) in [7, 11) is -2.29. The highest BCUT2D eigenvalue weighted by Crippen LogP contribution is 2.18. The average molecular weight is 470 g/mol. The van der Waals surface area contributed by atoms with Crippen molar-refractivity contribution in [2.75, 3.05) is 66.4 Å². The molecule has 0 bridgehead atoms. The first-order valence-corrected chi connectivity index (χ1v) is 15.6. The van der Waals surface area contributed by atoms with Crippen LogP contribution in [-0.2, 0) is 26.9 Å². The van der Waals surface area contributed by atoms with Gasteiger partial charge in [0.25, 0.3) is 0 Å². The summed E-state index contributed by atoms with van der Waals surface area (Å²) in [4.78, 5) is 2.49. The maximum absolute atomic E-state index is 5.94. The second kappa shape index (κ2) is 23.8. The molecule has 0 aliphatic carbocycles. The normalized spacial score (nSPS) is 11.8. The smallest absolute Gasteiger partial charge is 0.397 e. The largest absolute Gasteiger partial charge is 0.500 e. The summed E-state index contributed by atoms with van der Waals surface area (Å²) in [6.07, 6.45) is 2.17. The first-order chi connectivity index (χ1) is 14.5. The number of methoxy groups -OCH3 is 1. The van der Waals surface area contributed by atoms with Crippen LogP contribution in [0.1, 0.15) is 61.3 Å². The molecule has 0 aromatic heterocycles. The fourth-order valence-electron chi connectivity index (χ4n) is 3.02. The van der Waals surface area contributed by atoms with Gasteiger partial charge in [-0.15, -0.1) is 0 Å². The molecule has 0 aliphatic heterocycles. The Labute approximate surface area is 189 Å². The highest BCUT2D eigenvalue weighted by Gasteiger charge is 2.39. The lowest BCUT2D eigenvalue weighted by molar-refractivity contribution is 0.0699. The molecule has 0 radical (unpaired) electrons. The minimum absolute atomic E-state index is 0.643. The van der Waals surface area contributed by atoms with Crippen molar-refractivity contribution >= 4 is 18.1 Å². The molecule has 0 saturated carbocycles. The van der Waals surface area contributed by atoms with Crippen LogP contribution in [0.5, 0.6) is 0 Å². The van der Waals surface area contributed by atoms with E-state index in [4.69, 9.17) is 22.1 Å². The third-order valence-corrected chi connectivity index (χ3v) is 9.85. The van der Waals surface area contributed by atoms with Crippen LogP contribution in [0.3, 0.4) is 0 Å². The van der Waals surface area contributed by atoms with E-state index < -0.39 is 18.1 Å². The van der Waals surface area contributed by atoms with E-state index in [9.17, 15) is 0 Å². The topological polar surface area (TPSA) is 58.6 Å². The van der Waals surface area contributed by atoms with Crippen LogP contribution >= 0.6 is 0 Å². The second-order valence-corrected chi connectivity index (χ2v) is 11.4. The van der Waals surface area contributed by atoms with Crippen molar-refractivity contribution in [2.24, 2.45) is 0 Å². The standard InChI is InChI=1S/C18H43NO5Si2.C3H8O/c1-7-19(15-13-17-25(20-8-2)21-9-3)16-14-18-26(22-10-4,23-11-5)24-12-6;1-3-4-2/h25H,7-18H2,1-6H3;3H2,1-2H3. The Bertz CT molecular complexity index is 318. The van der Waals surface area contributed by atoms with E-state index in [0.717, 1.165) is 64.4 Å². The lowest BCUT2D eigenvalue weighted by atomic mass is 10.3. The molecule has 30 heavy (non-hydrogen) atoms. The molecule has 0 aromatic carbocycles. The Balaban J connectivity index is 0. The molecule has 0 aliphatic rings. The third-order valence-electron chi connectivity index (χ3n) is 4.41. The summed E-state index contributed by atoms with van der Waals surface area (Å²) < 4.78 is 33.9. The van der Waals surface area contributed by atoms with Crippen LogP contribution in [0.15, 0.2) is 0 Å². The molecule has 0 aromatic rings. The van der Waals surface area contributed by atoms with Gasteiger partial charge in [0.1, 0.15) is 0 Å². The van der Waals surface area contributed by atoms with Crippen LogP contribution in [0, 0.1) is 0 Å². The van der Waals surface area contributed by atoms with Gasteiger partial charge in [-0.3, -0.25) is 0 Å². The van der Waals surface area contributed by atoms with Crippen LogP contribution in [0.4, 0.5) is 0 Å². The van der Waals surface area contributed by atoms with Gasteiger partial charge in [0.05, 0.1) is 0 Å². The Morgan fingerprint density at radius 3 is 1.50 bits per heavy atom. The first kappa shape index (κ1) is 32.3. The molecule has 0 spiro atoms. The Kier molecular flexibility index (Phi) is 25.7. The Hall–Kier alpha value is 0.154. The quantitative estimate of drug-likeness (QED) is 0.249. The molecule has 0 heterocycles. The van der Waals surface area contributed by atoms with Crippen molar-refractivity contribution < 1.29 is 26.9 Å². The zero-order valence-corrected chi connectivity index (χ0v) is 23.3. The van der Waals surface area contributed by atoms with Crippen molar-refractivity contribution in [3.05, 3.63) is 0 Å². The van der Waals surface area contributed by atoms with Gasteiger partial charge < -0.3 is 31.8 Å². The fraction of sp³-hybridized carbons (Fsp3) is 1.00. The molecule has 0 atom stereocenters. The molecule has 7 nitrogen and oxygen atoms in total. The van der Waals surface area contributed by atoms with E-state index in [1.165, 1.54) is 0 Å². The van der Waals surface area contributed by atoms with E-state index >= 15 is 0 Å². The van der Waals surface area contributed by atoms with Gasteiger partial charge in [-0.05, 0) is 80.1 Å². The molecule has 0 N–H and O–H groups in total. The van der Waals surface area contributed by atoms with Gasteiger partial charge in [0.15, 0.2) is 0 Å². The average Bonchev–Trinajstić information content (AvgIpc) is 2.73. The zero-order valence-electron chi connectivity index (χ0n) is 21.2. The summed E-state index contributed by atoms with van der Waals surface area (Å²) in [6, 6.07) is 1.96. The highest BCUT2D eigenvalue weighted by atomic mass is 28.4. The minimum atomic E-state index is -2.51. The van der Waals surface area contributed by atoms with Gasteiger partial charge in [-0.1, -0.05) is 6.92 Å². The van der Waals surface area contributed by atoms with Crippen molar-refractivity contribution in [1.29, 1.82) is 0 Å². The second-order valence-electron chi connectivity index (χ2n) is 6.58. The van der Waals surface area contributed by atoms with Crippen LogP contribution < -0.4 is 0 Å².